The zero-order valence-corrected chi connectivity index (χ0v) is 26.0. The minimum atomic E-state index is -0.952. The van der Waals surface area contributed by atoms with Crippen LogP contribution in [0.15, 0.2) is 86.6 Å². The monoisotopic (exact) mass is 646 g/mol. The molecule has 2 amide bonds. The molecule has 0 saturated carbocycles. The average Bonchev–Trinajstić information content (AvgIpc) is 3.43. The molecular weight excluding hydrogens is 616 g/mol. The van der Waals surface area contributed by atoms with Crippen LogP contribution in [0.2, 0.25) is 5.02 Å². The van der Waals surface area contributed by atoms with E-state index in [1.165, 1.54) is 11.8 Å². The van der Waals surface area contributed by atoms with Gasteiger partial charge in [0, 0.05) is 51.9 Å². The molecule has 5 aromatic rings. The molecule has 232 valence electrons. The third kappa shape index (κ3) is 7.95. The largest absolute Gasteiger partial charge is 0.481 e. The van der Waals surface area contributed by atoms with E-state index in [1.54, 1.807) is 31.4 Å². The van der Waals surface area contributed by atoms with Gasteiger partial charge >= 0.3 is 11.6 Å². The van der Waals surface area contributed by atoms with Gasteiger partial charge in [0.15, 0.2) is 0 Å². The van der Waals surface area contributed by atoms with E-state index in [9.17, 15) is 19.2 Å². The van der Waals surface area contributed by atoms with E-state index < -0.39 is 29.5 Å². The van der Waals surface area contributed by atoms with E-state index in [2.05, 4.69) is 10.6 Å². The van der Waals surface area contributed by atoms with Crippen molar-refractivity contribution in [1.29, 1.82) is 0 Å². The number of thioether (sulfide) groups is 1. The normalized spacial score (nSPS) is 11.9. The molecule has 0 bridgehead atoms. The SMILES string of the molecule is Cc1c(CC(=O)N[C@@H](CSCc2ccccc2)C(=O)NCCCC(=O)O)c(=O)oc2cc3occ(-c4ccc(Cl)cc4)c3cc12. The Hall–Kier alpha value is -4.54. The molecule has 0 radical (unpaired) electrons. The molecule has 0 aliphatic heterocycles. The summed E-state index contributed by atoms with van der Waals surface area (Å²) in [6.07, 6.45) is 1.53. The highest BCUT2D eigenvalue weighted by Crippen LogP contribution is 2.35. The van der Waals surface area contributed by atoms with Crippen molar-refractivity contribution < 1.29 is 28.3 Å². The number of rotatable bonds is 13. The summed E-state index contributed by atoms with van der Waals surface area (Å²) in [6.45, 7) is 1.92. The Morgan fingerprint density at radius 3 is 2.49 bits per heavy atom. The highest BCUT2D eigenvalue weighted by atomic mass is 35.5. The van der Waals surface area contributed by atoms with Crippen molar-refractivity contribution in [3.05, 3.63) is 105 Å². The van der Waals surface area contributed by atoms with Crippen LogP contribution in [-0.2, 0) is 26.6 Å². The van der Waals surface area contributed by atoms with Crippen LogP contribution >= 0.6 is 23.4 Å². The van der Waals surface area contributed by atoms with Crippen molar-refractivity contribution in [2.75, 3.05) is 12.3 Å². The molecule has 3 aromatic carbocycles. The van der Waals surface area contributed by atoms with Gasteiger partial charge in [-0.05, 0) is 48.2 Å². The van der Waals surface area contributed by atoms with Crippen LogP contribution in [0, 0.1) is 6.92 Å². The molecule has 0 aliphatic rings. The Balaban J connectivity index is 1.35. The van der Waals surface area contributed by atoms with Crippen molar-refractivity contribution in [2.45, 2.75) is 38.0 Å². The van der Waals surface area contributed by atoms with Gasteiger partial charge < -0.3 is 24.6 Å². The first-order chi connectivity index (χ1) is 21.7. The quantitative estimate of drug-likeness (QED) is 0.103. The molecule has 2 aromatic heterocycles. The van der Waals surface area contributed by atoms with Crippen LogP contribution in [-0.4, -0.2) is 41.2 Å². The number of carboxylic acids is 1. The summed E-state index contributed by atoms with van der Waals surface area (Å²) >= 11 is 7.54. The molecular formula is C34H31ClN2O7S. The molecule has 0 unspecified atom stereocenters. The second kappa shape index (κ2) is 14.5. The van der Waals surface area contributed by atoms with Crippen molar-refractivity contribution in [2.24, 2.45) is 0 Å². The smallest absolute Gasteiger partial charge is 0.340 e. The summed E-state index contributed by atoms with van der Waals surface area (Å²) < 4.78 is 11.4. The van der Waals surface area contributed by atoms with E-state index in [0.29, 0.717) is 32.9 Å². The lowest BCUT2D eigenvalue weighted by atomic mass is 9.99. The number of nitrogens with one attached hydrogen (secondary N) is 2. The first-order valence-electron chi connectivity index (χ1n) is 14.3. The summed E-state index contributed by atoms with van der Waals surface area (Å²) in [5.74, 6) is -0.974. The van der Waals surface area contributed by atoms with Crippen LogP contribution in [0.1, 0.15) is 29.5 Å². The van der Waals surface area contributed by atoms with E-state index in [1.807, 2.05) is 48.5 Å². The number of aliphatic carboxylic acids is 1. The van der Waals surface area contributed by atoms with Crippen LogP contribution in [0.5, 0.6) is 0 Å². The Kier molecular flexibility index (Phi) is 10.3. The van der Waals surface area contributed by atoms with Crippen molar-refractivity contribution in [1.82, 2.24) is 10.6 Å². The van der Waals surface area contributed by atoms with E-state index in [4.69, 9.17) is 25.5 Å². The van der Waals surface area contributed by atoms with Crippen LogP contribution in [0.4, 0.5) is 0 Å². The number of hydrogen-bond acceptors (Lipinski definition) is 7. The van der Waals surface area contributed by atoms with Gasteiger partial charge in [-0.1, -0.05) is 54.1 Å². The standard InChI is InChI=1S/C34H31ClN2O7S/c1-20-24-14-26-27(22-9-11-23(35)12-10-22)17-43-29(26)16-30(24)44-34(42)25(20)15-31(38)37-28(33(41)36-13-5-8-32(39)40)19-45-18-21-6-3-2-4-7-21/h2-4,6-7,9-12,14,16-17,28H,5,8,13,15,18-19H2,1H3,(H,36,41)(H,37,38)(H,39,40)/t28-/m0/s1. The number of carbonyl (C=O) groups is 3. The van der Waals surface area contributed by atoms with Crippen molar-refractivity contribution >= 4 is 63.1 Å². The zero-order valence-electron chi connectivity index (χ0n) is 24.4. The number of hydrogen-bond donors (Lipinski definition) is 3. The number of benzene rings is 3. The predicted octanol–water partition coefficient (Wildman–Crippen LogP) is 6.11. The Morgan fingerprint density at radius 2 is 1.76 bits per heavy atom. The first-order valence-corrected chi connectivity index (χ1v) is 15.9. The second-order valence-electron chi connectivity index (χ2n) is 10.6. The number of aryl methyl sites for hydroxylation is 1. The lowest BCUT2D eigenvalue weighted by Crippen LogP contribution is -2.49. The number of fused-ring (bicyclic) bond motifs is 2. The Morgan fingerprint density at radius 1 is 1.00 bits per heavy atom. The summed E-state index contributed by atoms with van der Waals surface area (Å²) in [5.41, 5.74) is 3.84. The average molecular weight is 647 g/mol. The number of carboxylic acid groups (broad SMARTS) is 1. The second-order valence-corrected chi connectivity index (χ2v) is 12.0. The number of amides is 2. The maximum Gasteiger partial charge on any atom is 0.340 e. The lowest BCUT2D eigenvalue weighted by Gasteiger charge is -2.19. The summed E-state index contributed by atoms with van der Waals surface area (Å²) in [5, 5.41) is 16.5. The van der Waals surface area contributed by atoms with Gasteiger partial charge in [0.25, 0.3) is 0 Å². The minimum absolute atomic E-state index is 0.0800. The lowest BCUT2D eigenvalue weighted by molar-refractivity contribution is -0.137. The van der Waals surface area contributed by atoms with Gasteiger partial charge in [0.1, 0.15) is 17.2 Å². The van der Waals surface area contributed by atoms with Crippen molar-refractivity contribution in [3.8, 4) is 11.1 Å². The van der Waals surface area contributed by atoms with Gasteiger partial charge in [-0.15, -0.1) is 0 Å². The Bertz CT molecular complexity index is 1900. The van der Waals surface area contributed by atoms with Gasteiger partial charge in [-0.3, -0.25) is 14.4 Å². The zero-order chi connectivity index (χ0) is 31.9. The molecule has 0 fully saturated rings. The fourth-order valence-electron chi connectivity index (χ4n) is 5.00. The van der Waals surface area contributed by atoms with Crippen LogP contribution < -0.4 is 16.3 Å². The third-order valence-corrected chi connectivity index (χ3v) is 8.75. The van der Waals surface area contributed by atoms with Gasteiger partial charge in [0.05, 0.1) is 18.2 Å². The third-order valence-electron chi connectivity index (χ3n) is 7.39. The Labute approximate surface area is 267 Å². The molecule has 5 rings (SSSR count). The van der Waals surface area contributed by atoms with E-state index >= 15 is 0 Å². The molecule has 1 atom stereocenters. The summed E-state index contributed by atoms with van der Waals surface area (Å²) in [7, 11) is 0. The number of halogens is 1. The molecule has 9 nitrogen and oxygen atoms in total. The number of carbonyl (C=O) groups excluding carboxylic acids is 2. The summed E-state index contributed by atoms with van der Waals surface area (Å²) in [4.78, 5) is 50.2. The van der Waals surface area contributed by atoms with E-state index in [0.717, 1.165) is 22.1 Å². The predicted molar refractivity (Wildman–Crippen MR) is 176 cm³/mol. The maximum atomic E-state index is 13.3. The fourth-order valence-corrected chi connectivity index (χ4v) is 6.14. The number of furan rings is 1. The molecule has 0 spiro atoms. The van der Waals surface area contributed by atoms with Gasteiger partial charge in [0.2, 0.25) is 11.8 Å². The molecule has 0 saturated heterocycles. The molecule has 45 heavy (non-hydrogen) atoms. The highest BCUT2D eigenvalue weighted by Gasteiger charge is 2.23. The first kappa shape index (κ1) is 31.9. The van der Waals surface area contributed by atoms with Gasteiger partial charge in [-0.2, -0.15) is 11.8 Å². The molecule has 0 aliphatic carbocycles. The van der Waals surface area contributed by atoms with Gasteiger partial charge in [-0.25, -0.2) is 4.79 Å². The topological polar surface area (TPSA) is 139 Å². The fraction of sp³-hybridized carbons (Fsp3) is 0.235. The molecule has 2 heterocycles. The van der Waals surface area contributed by atoms with Crippen molar-refractivity contribution in [3.63, 3.8) is 0 Å². The highest BCUT2D eigenvalue weighted by molar-refractivity contribution is 7.98. The molecule has 11 heteroatoms. The maximum absolute atomic E-state index is 13.3. The van der Waals surface area contributed by atoms with Crippen LogP contribution in [0.25, 0.3) is 33.1 Å². The minimum Gasteiger partial charge on any atom is -0.481 e. The molecule has 3 N–H and O–H groups in total. The summed E-state index contributed by atoms with van der Waals surface area (Å²) in [6, 6.07) is 19.7. The van der Waals surface area contributed by atoms with Crippen LogP contribution in [0.3, 0.4) is 0 Å². The van der Waals surface area contributed by atoms with E-state index in [-0.39, 0.29) is 37.1 Å².